The van der Waals surface area contributed by atoms with E-state index in [1.807, 2.05) is 31.2 Å². The minimum absolute atomic E-state index is 0.0781. The lowest BCUT2D eigenvalue weighted by atomic mass is 10.2. The largest absolute Gasteiger partial charge is 0.493 e. The average molecular weight is 273 g/mol. The van der Waals surface area contributed by atoms with E-state index in [1.165, 1.54) is 6.92 Å². The maximum atomic E-state index is 11.4. The molecule has 0 atom stereocenters. The zero-order valence-electron chi connectivity index (χ0n) is 12.3. The van der Waals surface area contributed by atoms with Crippen LogP contribution in [-0.2, 0) is 0 Å². The van der Waals surface area contributed by atoms with Gasteiger partial charge in [-0.15, -0.1) is 5.10 Å². The van der Waals surface area contributed by atoms with Crippen molar-refractivity contribution in [2.45, 2.75) is 27.7 Å². The van der Waals surface area contributed by atoms with E-state index in [9.17, 15) is 4.79 Å². The van der Waals surface area contributed by atoms with Crippen LogP contribution in [0.4, 0.5) is 0 Å². The summed E-state index contributed by atoms with van der Waals surface area (Å²) < 4.78 is 7.29. The summed E-state index contributed by atoms with van der Waals surface area (Å²) in [6.45, 7) is 8.23. The lowest BCUT2D eigenvalue weighted by Gasteiger charge is -2.09. The Bertz CT molecular complexity index is 600. The Labute approximate surface area is 118 Å². The molecule has 20 heavy (non-hydrogen) atoms. The second-order valence-electron chi connectivity index (χ2n) is 5.19. The van der Waals surface area contributed by atoms with Crippen LogP contribution in [-0.4, -0.2) is 27.4 Å². The van der Waals surface area contributed by atoms with E-state index in [-0.39, 0.29) is 5.78 Å². The van der Waals surface area contributed by atoms with E-state index < -0.39 is 0 Å². The first-order chi connectivity index (χ1) is 9.49. The maximum absolute atomic E-state index is 11.4. The van der Waals surface area contributed by atoms with Crippen LogP contribution in [0.2, 0.25) is 0 Å². The number of aromatic nitrogens is 3. The maximum Gasteiger partial charge on any atom is 0.181 e. The van der Waals surface area contributed by atoms with Gasteiger partial charge < -0.3 is 4.74 Å². The zero-order chi connectivity index (χ0) is 14.7. The van der Waals surface area contributed by atoms with Crippen molar-refractivity contribution in [1.82, 2.24) is 15.0 Å². The van der Waals surface area contributed by atoms with Crippen LogP contribution in [0.5, 0.6) is 5.75 Å². The number of carbonyl (C=O) groups excluding carboxylic acids is 1. The Balaban J connectivity index is 2.20. The van der Waals surface area contributed by atoms with Crippen LogP contribution in [0, 0.1) is 12.8 Å². The molecule has 0 unspecified atom stereocenters. The van der Waals surface area contributed by atoms with Crippen molar-refractivity contribution in [2.24, 2.45) is 5.92 Å². The molecule has 5 nitrogen and oxygen atoms in total. The molecule has 1 heterocycles. The Morgan fingerprint density at radius 2 is 1.95 bits per heavy atom. The van der Waals surface area contributed by atoms with E-state index in [0.29, 0.717) is 18.2 Å². The molecule has 1 aromatic carbocycles. The fourth-order valence-electron chi connectivity index (χ4n) is 1.85. The summed E-state index contributed by atoms with van der Waals surface area (Å²) >= 11 is 0. The van der Waals surface area contributed by atoms with Gasteiger partial charge in [-0.05, 0) is 37.1 Å². The highest BCUT2D eigenvalue weighted by Crippen LogP contribution is 2.17. The summed E-state index contributed by atoms with van der Waals surface area (Å²) in [5.41, 5.74) is 2.01. The van der Waals surface area contributed by atoms with E-state index in [1.54, 1.807) is 4.68 Å². The molecule has 0 aliphatic carbocycles. The van der Waals surface area contributed by atoms with E-state index >= 15 is 0 Å². The minimum atomic E-state index is -0.0781. The van der Waals surface area contributed by atoms with Crippen LogP contribution in [0.1, 0.15) is 37.0 Å². The summed E-state index contributed by atoms with van der Waals surface area (Å²) in [5, 5.41) is 7.92. The van der Waals surface area contributed by atoms with Gasteiger partial charge in [0.1, 0.15) is 5.75 Å². The van der Waals surface area contributed by atoms with Gasteiger partial charge in [0.05, 0.1) is 18.0 Å². The number of rotatable bonds is 5. The van der Waals surface area contributed by atoms with Crippen LogP contribution >= 0.6 is 0 Å². The molecule has 0 radical (unpaired) electrons. The molecule has 0 saturated carbocycles. The molecule has 0 fully saturated rings. The van der Waals surface area contributed by atoms with Crippen LogP contribution in [0.3, 0.4) is 0 Å². The SMILES string of the molecule is CC(=O)c1nnn(-c2ccc(OCC(C)C)cc2)c1C. The Morgan fingerprint density at radius 1 is 1.30 bits per heavy atom. The predicted molar refractivity (Wildman–Crippen MR) is 76.4 cm³/mol. The van der Waals surface area contributed by atoms with Gasteiger partial charge in [-0.25, -0.2) is 4.68 Å². The fourth-order valence-corrected chi connectivity index (χ4v) is 1.85. The number of ether oxygens (including phenoxy) is 1. The summed E-state index contributed by atoms with van der Waals surface area (Å²) in [6, 6.07) is 7.60. The summed E-state index contributed by atoms with van der Waals surface area (Å²) in [4.78, 5) is 11.4. The van der Waals surface area contributed by atoms with Crippen molar-refractivity contribution in [1.29, 1.82) is 0 Å². The molecule has 5 heteroatoms. The summed E-state index contributed by atoms with van der Waals surface area (Å²) in [6.07, 6.45) is 0. The van der Waals surface area contributed by atoms with Gasteiger partial charge in [-0.2, -0.15) is 0 Å². The molecule has 0 aliphatic rings. The number of nitrogens with zero attached hydrogens (tertiary/aromatic N) is 3. The standard InChI is InChI=1S/C15H19N3O2/c1-10(2)9-20-14-7-5-13(6-8-14)18-11(3)15(12(4)19)16-17-18/h5-8,10H,9H2,1-4H3. The molecule has 0 N–H and O–H groups in total. The molecule has 0 saturated heterocycles. The van der Waals surface area contributed by atoms with Crippen molar-refractivity contribution in [3.05, 3.63) is 35.7 Å². The minimum Gasteiger partial charge on any atom is -0.493 e. The third-order valence-corrected chi connectivity index (χ3v) is 2.89. The first-order valence-corrected chi connectivity index (χ1v) is 6.65. The number of hydrogen-bond donors (Lipinski definition) is 0. The average Bonchev–Trinajstić information content (AvgIpc) is 2.79. The molecule has 2 rings (SSSR count). The molecule has 2 aromatic rings. The molecular weight excluding hydrogens is 254 g/mol. The lowest BCUT2D eigenvalue weighted by Crippen LogP contribution is -2.05. The van der Waals surface area contributed by atoms with Gasteiger partial charge in [-0.1, -0.05) is 19.1 Å². The monoisotopic (exact) mass is 273 g/mol. The number of hydrogen-bond acceptors (Lipinski definition) is 4. The molecule has 106 valence electrons. The van der Waals surface area contributed by atoms with E-state index in [2.05, 4.69) is 24.2 Å². The summed E-state index contributed by atoms with van der Waals surface area (Å²) in [5.74, 6) is 1.24. The van der Waals surface area contributed by atoms with Crippen LogP contribution < -0.4 is 4.74 Å². The molecule has 0 bridgehead atoms. The smallest absolute Gasteiger partial charge is 0.181 e. The highest BCUT2D eigenvalue weighted by atomic mass is 16.5. The van der Waals surface area contributed by atoms with Crippen molar-refractivity contribution in [3.8, 4) is 11.4 Å². The Morgan fingerprint density at radius 3 is 2.45 bits per heavy atom. The predicted octanol–water partition coefficient (Wildman–Crippen LogP) is 2.81. The number of Topliss-reactive ketones (excluding diaryl/α,β-unsaturated/α-hetero) is 1. The van der Waals surface area contributed by atoms with Crippen molar-refractivity contribution in [2.75, 3.05) is 6.61 Å². The van der Waals surface area contributed by atoms with Gasteiger partial charge in [-0.3, -0.25) is 4.79 Å². The van der Waals surface area contributed by atoms with E-state index in [4.69, 9.17) is 4.74 Å². The molecule has 1 aromatic heterocycles. The molecule has 0 amide bonds. The topological polar surface area (TPSA) is 57.0 Å². The summed E-state index contributed by atoms with van der Waals surface area (Å²) in [7, 11) is 0. The van der Waals surface area contributed by atoms with E-state index in [0.717, 1.165) is 17.1 Å². The second kappa shape index (κ2) is 5.86. The lowest BCUT2D eigenvalue weighted by molar-refractivity contribution is 0.101. The molecule has 0 aliphatic heterocycles. The van der Waals surface area contributed by atoms with Crippen molar-refractivity contribution < 1.29 is 9.53 Å². The first kappa shape index (κ1) is 14.2. The second-order valence-corrected chi connectivity index (χ2v) is 5.19. The van der Waals surface area contributed by atoms with Gasteiger partial charge in [0.25, 0.3) is 0 Å². The van der Waals surface area contributed by atoms with Gasteiger partial charge >= 0.3 is 0 Å². The van der Waals surface area contributed by atoms with Crippen LogP contribution in [0.25, 0.3) is 5.69 Å². The van der Waals surface area contributed by atoms with Crippen molar-refractivity contribution in [3.63, 3.8) is 0 Å². The third kappa shape index (κ3) is 3.04. The molecule has 0 spiro atoms. The third-order valence-electron chi connectivity index (χ3n) is 2.89. The number of ketones is 1. The van der Waals surface area contributed by atoms with Gasteiger partial charge in [0.2, 0.25) is 0 Å². The fraction of sp³-hybridized carbons (Fsp3) is 0.400. The van der Waals surface area contributed by atoms with Crippen LogP contribution in [0.15, 0.2) is 24.3 Å². The Hall–Kier alpha value is -2.17. The highest BCUT2D eigenvalue weighted by molar-refractivity contribution is 5.93. The number of benzene rings is 1. The van der Waals surface area contributed by atoms with Crippen molar-refractivity contribution >= 4 is 5.78 Å². The number of carbonyl (C=O) groups is 1. The quantitative estimate of drug-likeness (QED) is 0.786. The van der Waals surface area contributed by atoms with Gasteiger partial charge in [0, 0.05) is 6.92 Å². The first-order valence-electron chi connectivity index (χ1n) is 6.65. The van der Waals surface area contributed by atoms with Gasteiger partial charge in [0.15, 0.2) is 11.5 Å². The Kier molecular flexibility index (Phi) is 4.17. The highest BCUT2D eigenvalue weighted by Gasteiger charge is 2.13. The normalized spacial score (nSPS) is 10.8. The zero-order valence-corrected chi connectivity index (χ0v) is 12.3. The molecular formula is C15H19N3O2.